The summed E-state index contributed by atoms with van der Waals surface area (Å²) in [6.07, 6.45) is 5.11. The minimum Gasteiger partial charge on any atom is -0.496 e. The molecule has 1 aromatic rings. The van der Waals surface area contributed by atoms with Gasteiger partial charge in [-0.1, -0.05) is 30.3 Å². The number of carbonyl (C=O) groups excluding carboxylic acids is 1. The fraction of sp³-hybridized carbons (Fsp3) is 0.0833. The maximum atomic E-state index is 11.8. The largest absolute Gasteiger partial charge is 0.496 e. The van der Waals surface area contributed by atoms with Crippen LogP contribution in [0, 0.1) is 0 Å². The van der Waals surface area contributed by atoms with Gasteiger partial charge in [-0.25, -0.2) is 0 Å². The lowest BCUT2D eigenvalue weighted by atomic mass is 10.0. The Morgan fingerprint density at radius 3 is 2.64 bits per heavy atom. The highest BCUT2D eigenvalue weighted by Gasteiger charge is 2.12. The minimum absolute atomic E-state index is 0.0370. The Kier molecular flexibility index (Phi) is 2.45. The molecule has 0 aromatic heterocycles. The van der Waals surface area contributed by atoms with Crippen LogP contribution in [0.5, 0.6) is 0 Å². The highest BCUT2D eigenvalue weighted by atomic mass is 16.5. The molecule has 0 saturated heterocycles. The number of ketones is 1. The Morgan fingerprint density at radius 1 is 1.21 bits per heavy atom. The maximum absolute atomic E-state index is 11.8. The second-order valence-electron chi connectivity index (χ2n) is 3.03. The van der Waals surface area contributed by atoms with Crippen LogP contribution in [0.25, 0.3) is 0 Å². The highest BCUT2D eigenvalue weighted by molar-refractivity contribution is 6.09. The van der Waals surface area contributed by atoms with Crippen molar-refractivity contribution in [1.29, 1.82) is 0 Å². The van der Waals surface area contributed by atoms with Crippen LogP contribution in [0.15, 0.2) is 54.3 Å². The van der Waals surface area contributed by atoms with Gasteiger partial charge in [0.2, 0.25) is 0 Å². The second-order valence-corrected chi connectivity index (χ2v) is 3.03. The van der Waals surface area contributed by atoms with Gasteiger partial charge in [0.15, 0.2) is 5.78 Å². The van der Waals surface area contributed by atoms with Gasteiger partial charge in [-0.05, 0) is 12.2 Å². The van der Waals surface area contributed by atoms with E-state index in [-0.39, 0.29) is 5.78 Å². The van der Waals surface area contributed by atoms with Crippen molar-refractivity contribution in [3.63, 3.8) is 0 Å². The lowest BCUT2D eigenvalue weighted by Gasteiger charge is -2.08. The monoisotopic (exact) mass is 186 g/mol. The summed E-state index contributed by atoms with van der Waals surface area (Å²) in [4.78, 5) is 11.8. The molecule has 0 bridgehead atoms. The summed E-state index contributed by atoms with van der Waals surface area (Å²) in [5.41, 5.74) is 1.40. The first-order chi connectivity index (χ1) is 6.88. The molecule has 0 amide bonds. The molecule has 0 radical (unpaired) electrons. The molecule has 0 unspecified atom stereocenters. The van der Waals surface area contributed by atoms with Crippen molar-refractivity contribution in [3.05, 3.63) is 59.9 Å². The lowest BCUT2D eigenvalue weighted by Crippen LogP contribution is -2.09. The topological polar surface area (TPSA) is 26.3 Å². The van der Waals surface area contributed by atoms with E-state index in [1.807, 2.05) is 30.3 Å². The third-order valence-electron chi connectivity index (χ3n) is 2.04. The first-order valence-electron chi connectivity index (χ1n) is 4.45. The molecular formula is C12H10O2. The van der Waals surface area contributed by atoms with E-state index in [1.165, 1.54) is 0 Å². The highest BCUT2D eigenvalue weighted by Crippen LogP contribution is 2.11. The fourth-order valence-electron chi connectivity index (χ4n) is 1.31. The van der Waals surface area contributed by atoms with E-state index in [1.54, 1.807) is 18.4 Å². The van der Waals surface area contributed by atoms with Gasteiger partial charge in [-0.2, -0.15) is 0 Å². The molecule has 2 rings (SSSR count). The van der Waals surface area contributed by atoms with Gasteiger partial charge in [-0.3, -0.25) is 4.79 Å². The van der Waals surface area contributed by atoms with Crippen LogP contribution in [0.3, 0.4) is 0 Å². The van der Waals surface area contributed by atoms with Gasteiger partial charge in [0.05, 0.1) is 6.26 Å². The van der Waals surface area contributed by atoms with E-state index in [0.717, 1.165) is 0 Å². The van der Waals surface area contributed by atoms with Crippen molar-refractivity contribution in [2.75, 3.05) is 6.61 Å². The number of carbonyl (C=O) groups is 1. The van der Waals surface area contributed by atoms with Crippen molar-refractivity contribution in [2.24, 2.45) is 0 Å². The van der Waals surface area contributed by atoms with Crippen LogP contribution in [0.4, 0.5) is 0 Å². The average molecular weight is 186 g/mol. The average Bonchev–Trinajstić information content (AvgIpc) is 2.30. The fourth-order valence-corrected chi connectivity index (χ4v) is 1.31. The van der Waals surface area contributed by atoms with Crippen LogP contribution >= 0.6 is 0 Å². The van der Waals surface area contributed by atoms with E-state index in [9.17, 15) is 4.79 Å². The molecule has 1 aromatic carbocycles. The van der Waals surface area contributed by atoms with Crippen LogP contribution in [-0.4, -0.2) is 12.4 Å². The van der Waals surface area contributed by atoms with E-state index < -0.39 is 0 Å². The summed E-state index contributed by atoms with van der Waals surface area (Å²) in [6, 6.07) is 9.21. The molecular weight excluding hydrogens is 176 g/mol. The van der Waals surface area contributed by atoms with Gasteiger partial charge < -0.3 is 4.74 Å². The Hall–Kier alpha value is -1.83. The normalized spacial score (nSPS) is 14.4. The number of ether oxygens (including phenoxy) is 1. The zero-order valence-corrected chi connectivity index (χ0v) is 7.64. The first-order valence-corrected chi connectivity index (χ1v) is 4.45. The van der Waals surface area contributed by atoms with E-state index in [2.05, 4.69) is 0 Å². The summed E-state index contributed by atoms with van der Waals surface area (Å²) in [6.45, 7) is 0.365. The molecule has 0 atom stereocenters. The van der Waals surface area contributed by atoms with Crippen molar-refractivity contribution in [2.45, 2.75) is 0 Å². The minimum atomic E-state index is 0.0370. The Balaban J connectivity index is 2.24. The lowest BCUT2D eigenvalue weighted by molar-refractivity contribution is 0.101. The maximum Gasteiger partial charge on any atom is 0.192 e. The molecule has 1 aliphatic rings. The molecule has 0 spiro atoms. The Morgan fingerprint density at radius 2 is 2.00 bits per heavy atom. The second kappa shape index (κ2) is 3.92. The first kappa shape index (κ1) is 8.75. The molecule has 70 valence electrons. The molecule has 2 nitrogen and oxygen atoms in total. The number of Topliss-reactive ketones (excluding diaryl/α,β-unsaturated/α-hetero) is 1. The van der Waals surface area contributed by atoms with Crippen molar-refractivity contribution in [1.82, 2.24) is 0 Å². The van der Waals surface area contributed by atoms with Gasteiger partial charge in [0.25, 0.3) is 0 Å². The predicted octanol–water partition coefficient (Wildman–Crippen LogP) is 2.34. The molecule has 0 N–H and O–H groups in total. The summed E-state index contributed by atoms with van der Waals surface area (Å²) >= 11 is 0. The van der Waals surface area contributed by atoms with E-state index in [4.69, 9.17) is 4.74 Å². The van der Waals surface area contributed by atoms with Gasteiger partial charge >= 0.3 is 0 Å². The number of rotatable bonds is 2. The van der Waals surface area contributed by atoms with Gasteiger partial charge in [0.1, 0.15) is 6.61 Å². The smallest absolute Gasteiger partial charge is 0.192 e. The standard InChI is InChI=1S/C12H10O2/c13-12(10-5-2-1-3-6-10)11-7-4-8-14-9-11/h1-8H,9H2. The Labute approximate surface area is 82.5 Å². The molecule has 0 aliphatic carbocycles. The zero-order valence-electron chi connectivity index (χ0n) is 7.64. The summed E-state index contributed by atoms with van der Waals surface area (Å²) in [7, 11) is 0. The van der Waals surface area contributed by atoms with Crippen LogP contribution in [0.1, 0.15) is 10.4 Å². The Bertz CT molecular complexity index is 388. The quantitative estimate of drug-likeness (QED) is 0.662. The van der Waals surface area contributed by atoms with E-state index in [0.29, 0.717) is 17.7 Å². The zero-order chi connectivity index (χ0) is 9.80. The van der Waals surface area contributed by atoms with Crippen molar-refractivity contribution >= 4 is 5.78 Å². The molecule has 1 aliphatic heterocycles. The van der Waals surface area contributed by atoms with Crippen LogP contribution in [-0.2, 0) is 4.74 Å². The number of hydrogen-bond donors (Lipinski definition) is 0. The summed E-state index contributed by atoms with van der Waals surface area (Å²) in [5.74, 6) is 0.0370. The molecule has 2 heteroatoms. The molecule has 0 saturated carbocycles. The summed E-state index contributed by atoms with van der Waals surface area (Å²) < 4.78 is 5.06. The molecule has 14 heavy (non-hydrogen) atoms. The molecule has 1 heterocycles. The predicted molar refractivity (Wildman–Crippen MR) is 53.9 cm³/mol. The number of hydrogen-bond acceptors (Lipinski definition) is 2. The van der Waals surface area contributed by atoms with Crippen molar-refractivity contribution < 1.29 is 9.53 Å². The SMILES string of the molecule is O=C(C1=CC=COC1)c1ccccc1. The third-order valence-corrected chi connectivity index (χ3v) is 2.04. The van der Waals surface area contributed by atoms with Crippen LogP contribution in [0.2, 0.25) is 0 Å². The number of benzene rings is 1. The van der Waals surface area contributed by atoms with Gasteiger partial charge in [0, 0.05) is 11.1 Å². The number of allylic oxidation sites excluding steroid dienone is 2. The van der Waals surface area contributed by atoms with Crippen LogP contribution < -0.4 is 0 Å². The van der Waals surface area contributed by atoms with Gasteiger partial charge in [-0.15, -0.1) is 0 Å². The summed E-state index contributed by atoms with van der Waals surface area (Å²) in [5, 5.41) is 0. The van der Waals surface area contributed by atoms with E-state index >= 15 is 0 Å². The third kappa shape index (κ3) is 1.74. The molecule has 0 fully saturated rings. The van der Waals surface area contributed by atoms with Crippen molar-refractivity contribution in [3.8, 4) is 0 Å².